The Morgan fingerprint density at radius 1 is 0.667 bits per heavy atom. The Kier molecular flexibility index (Phi) is 3.25. The number of rotatable bonds is 2. The van der Waals surface area contributed by atoms with E-state index in [0.29, 0.717) is 0 Å². The lowest BCUT2D eigenvalue weighted by Gasteiger charge is -1.93. The largest absolute Gasteiger partial charge is 0.151 e. The Bertz CT molecular complexity index is 449. The molecule has 0 saturated heterocycles. The Morgan fingerprint density at radius 3 is 1.80 bits per heavy atom. The summed E-state index contributed by atoms with van der Waals surface area (Å²) in [6.45, 7) is 0. The number of hydrogen-bond acceptors (Lipinski definition) is 2. The van der Waals surface area contributed by atoms with Crippen molar-refractivity contribution in [3.8, 4) is 0 Å². The lowest BCUT2D eigenvalue weighted by molar-refractivity contribution is 1.23. The second kappa shape index (κ2) is 4.84. The van der Waals surface area contributed by atoms with Crippen LogP contribution in [0.3, 0.4) is 0 Å². The predicted molar refractivity (Wildman–Crippen MR) is 64.8 cm³/mol. The summed E-state index contributed by atoms with van der Waals surface area (Å²) in [6, 6.07) is 17.4. The highest BCUT2D eigenvalue weighted by Gasteiger charge is 1.89. The third-order valence-corrected chi connectivity index (χ3v) is 2.39. The van der Waals surface area contributed by atoms with Crippen LogP contribution >= 0.6 is 15.9 Å². The zero-order chi connectivity index (χ0) is 10.5. The van der Waals surface area contributed by atoms with Gasteiger partial charge in [0.1, 0.15) is 0 Å². The molecule has 0 unspecified atom stereocenters. The molecule has 2 aromatic rings. The summed E-state index contributed by atoms with van der Waals surface area (Å²) >= 11 is 3.37. The van der Waals surface area contributed by atoms with Crippen molar-refractivity contribution in [3.63, 3.8) is 0 Å². The van der Waals surface area contributed by atoms with Crippen molar-refractivity contribution in [1.82, 2.24) is 0 Å². The van der Waals surface area contributed by atoms with Gasteiger partial charge in [0.05, 0.1) is 11.4 Å². The van der Waals surface area contributed by atoms with Gasteiger partial charge in [0.2, 0.25) is 0 Å². The standard InChI is InChI=1S/C12H9BrN2/c13-10-6-8-12(9-7-10)15-14-11-4-2-1-3-5-11/h1-9H/b15-14+. The first-order chi connectivity index (χ1) is 7.34. The van der Waals surface area contributed by atoms with Crippen LogP contribution in [0.25, 0.3) is 0 Å². The molecule has 0 bridgehead atoms. The van der Waals surface area contributed by atoms with Crippen molar-refractivity contribution in [1.29, 1.82) is 0 Å². The van der Waals surface area contributed by atoms with E-state index < -0.39 is 0 Å². The second-order valence-electron chi connectivity index (χ2n) is 3.01. The first-order valence-electron chi connectivity index (χ1n) is 4.57. The Labute approximate surface area is 96.8 Å². The molecule has 0 atom stereocenters. The molecule has 0 saturated carbocycles. The fourth-order valence-electron chi connectivity index (χ4n) is 1.12. The quantitative estimate of drug-likeness (QED) is 0.689. The van der Waals surface area contributed by atoms with Gasteiger partial charge in [-0.3, -0.25) is 0 Å². The average molecular weight is 261 g/mol. The van der Waals surface area contributed by atoms with Crippen LogP contribution in [0.2, 0.25) is 0 Å². The SMILES string of the molecule is Brc1ccc(/N=N/c2ccccc2)cc1. The number of hydrogen-bond donors (Lipinski definition) is 0. The molecule has 0 aliphatic heterocycles. The lowest BCUT2D eigenvalue weighted by atomic mass is 10.3. The zero-order valence-corrected chi connectivity index (χ0v) is 9.55. The topological polar surface area (TPSA) is 24.7 Å². The van der Waals surface area contributed by atoms with Crippen LogP contribution in [0.4, 0.5) is 11.4 Å². The highest BCUT2D eigenvalue weighted by atomic mass is 79.9. The molecule has 2 aromatic carbocycles. The normalized spacial score (nSPS) is 10.7. The first kappa shape index (κ1) is 10.1. The van der Waals surface area contributed by atoms with E-state index in [0.717, 1.165) is 15.8 Å². The van der Waals surface area contributed by atoms with E-state index in [1.807, 2.05) is 54.6 Å². The van der Waals surface area contributed by atoms with Gasteiger partial charge in [-0.25, -0.2) is 0 Å². The van der Waals surface area contributed by atoms with Crippen LogP contribution in [0.15, 0.2) is 69.3 Å². The first-order valence-corrected chi connectivity index (χ1v) is 5.36. The average Bonchev–Trinajstić information content (AvgIpc) is 2.30. The summed E-state index contributed by atoms with van der Waals surface area (Å²) in [5.41, 5.74) is 1.71. The van der Waals surface area contributed by atoms with Gasteiger partial charge >= 0.3 is 0 Å². The molecule has 15 heavy (non-hydrogen) atoms. The molecule has 0 amide bonds. The second-order valence-corrected chi connectivity index (χ2v) is 3.93. The van der Waals surface area contributed by atoms with E-state index in [1.54, 1.807) is 0 Å². The maximum Gasteiger partial charge on any atom is 0.0857 e. The number of nitrogens with zero attached hydrogens (tertiary/aromatic N) is 2. The molecular formula is C12H9BrN2. The molecule has 2 nitrogen and oxygen atoms in total. The van der Waals surface area contributed by atoms with Crippen LogP contribution in [-0.4, -0.2) is 0 Å². The minimum absolute atomic E-state index is 0.849. The molecule has 0 N–H and O–H groups in total. The summed E-state index contributed by atoms with van der Waals surface area (Å²) < 4.78 is 1.04. The molecule has 0 spiro atoms. The van der Waals surface area contributed by atoms with Gasteiger partial charge in [-0.1, -0.05) is 34.1 Å². The summed E-state index contributed by atoms with van der Waals surface area (Å²) in [6.07, 6.45) is 0. The summed E-state index contributed by atoms with van der Waals surface area (Å²) in [7, 11) is 0. The third-order valence-electron chi connectivity index (χ3n) is 1.86. The zero-order valence-electron chi connectivity index (χ0n) is 7.97. The Morgan fingerprint density at radius 2 is 1.20 bits per heavy atom. The molecule has 0 aliphatic rings. The van der Waals surface area contributed by atoms with E-state index in [-0.39, 0.29) is 0 Å². The van der Waals surface area contributed by atoms with Crippen LogP contribution in [-0.2, 0) is 0 Å². The van der Waals surface area contributed by atoms with Crippen LogP contribution in [0.5, 0.6) is 0 Å². The Hall–Kier alpha value is -1.48. The molecule has 0 radical (unpaired) electrons. The minimum Gasteiger partial charge on any atom is -0.151 e. The van der Waals surface area contributed by atoms with Crippen molar-refractivity contribution < 1.29 is 0 Å². The number of benzene rings is 2. The molecule has 0 heterocycles. The maximum atomic E-state index is 4.12. The molecule has 0 aromatic heterocycles. The van der Waals surface area contributed by atoms with Crippen molar-refractivity contribution >= 4 is 27.3 Å². The predicted octanol–water partition coefficient (Wildman–Crippen LogP) is 4.86. The van der Waals surface area contributed by atoms with Crippen LogP contribution < -0.4 is 0 Å². The van der Waals surface area contributed by atoms with Crippen LogP contribution in [0, 0.1) is 0 Å². The van der Waals surface area contributed by atoms with Crippen molar-refractivity contribution in [2.24, 2.45) is 10.2 Å². The molecule has 0 fully saturated rings. The number of azo groups is 1. The summed E-state index contributed by atoms with van der Waals surface area (Å²) in [5, 5.41) is 8.24. The van der Waals surface area contributed by atoms with E-state index in [9.17, 15) is 0 Å². The van der Waals surface area contributed by atoms with E-state index in [4.69, 9.17) is 0 Å². The molecule has 3 heteroatoms. The van der Waals surface area contributed by atoms with Crippen molar-refractivity contribution in [2.75, 3.05) is 0 Å². The van der Waals surface area contributed by atoms with Crippen molar-refractivity contribution in [3.05, 3.63) is 59.1 Å². The van der Waals surface area contributed by atoms with Gasteiger partial charge in [0, 0.05) is 4.47 Å². The minimum atomic E-state index is 0.849. The molecular weight excluding hydrogens is 252 g/mol. The fraction of sp³-hybridized carbons (Fsp3) is 0. The smallest absolute Gasteiger partial charge is 0.0857 e. The monoisotopic (exact) mass is 260 g/mol. The van der Waals surface area contributed by atoms with Crippen molar-refractivity contribution in [2.45, 2.75) is 0 Å². The third kappa shape index (κ3) is 2.99. The van der Waals surface area contributed by atoms with Crippen LogP contribution in [0.1, 0.15) is 0 Å². The maximum absolute atomic E-state index is 4.12. The summed E-state index contributed by atoms with van der Waals surface area (Å²) in [4.78, 5) is 0. The molecule has 2 rings (SSSR count). The van der Waals surface area contributed by atoms with Gasteiger partial charge in [-0.15, -0.1) is 0 Å². The van der Waals surface area contributed by atoms with Gasteiger partial charge in [-0.05, 0) is 36.4 Å². The van der Waals surface area contributed by atoms with E-state index in [1.165, 1.54) is 0 Å². The number of halogens is 1. The lowest BCUT2D eigenvalue weighted by Crippen LogP contribution is -1.64. The van der Waals surface area contributed by atoms with Gasteiger partial charge in [-0.2, -0.15) is 10.2 Å². The molecule has 74 valence electrons. The highest BCUT2D eigenvalue weighted by molar-refractivity contribution is 9.10. The van der Waals surface area contributed by atoms with Gasteiger partial charge in [0.15, 0.2) is 0 Å². The van der Waals surface area contributed by atoms with Gasteiger partial charge in [0.25, 0.3) is 0 Å². The molecule has 0 aliphatic carbocycles. The highest BCUT2D eigenvalue weighted by Crippen LogP contribution is 2.19. The van der Waals surface area contributed by atoms with Gasteiger partial charge < -0.3 is 0 Å². The fourth-order valence-corrected chi connectivity index (χ4v) is 1.38. The van der Waals surface area contributed by atoms with E-state index >= 15 is 0 Å². The Balaban J connectivity index is 2.15. The van der Waals surface area contributed by atoms with E-state index in [2.05, 4.69) is 26.2 Å². The summed E-state index contributed by atoms with van der Waals surface area (Å²) in [5.74, 6) is 0.